The normalized spacial score (nSPS) is 11.1. The zero-order valence-electron chi connectivity index (χ0n) is 17.4. The van der Waals surface area contributed by atoms with Gasteiger partial charge in [0.25, 0.3) is 0 Å². The van der Waals surface area contributed by atoms with E-state index in [0.717, 1.165) is 17.8 Å². The van der Waals surface area contributed by atoms with Gasteiger partial charge in [-0.15, -0.1) is 5.10 Å². The van der Waals surface area contributed by atoms with Crippen LogP contribution in [-0.4, -0.2) is 15.0 Å². The Balaban J connectivity index is 1.39. The highest BCUT2D eigenvalue weighted by molar-refractivity contribution is 5.56. The number of unbranched alkanes of at least 4 members (excludes halogenated alkanes) is 13. The van der Waals surface area contributed by atoms with E-state index in [1.54, 1.807) is 0 Å². The molecule has 1 aromatic heterocycles. The van der Waals surface area contributed by atoms with Gasteiger partial charge >= 0.3 is 0 Å². The fourth-order valence-electron chi connectivity index (χ4n) is 3.62. The Morgan fingerprint density at radius 3 is 1.74 bits per heavy atom. The molecule has 3 nitrogen and oxygen atoms in total. The summed E-state index contributed by atoms with van der Waals surface area (Å²) >= 11 is 0. The zero-order valence-corrected chi connectivity index (χ0v) is 17.4. The lowest BCUT2D eigenvalue weighted by Crippen LogP contribution is -1.98. The Kier molecular flexibility index (Phi) is 11.6. The SMILES string of the molecule is CCCCCCCCCCCCCCCCn1cc(-c2ccccc2)nn1. The van der Waals surface area contributed by atoms with E-state index in [4.69, 9.17) is 0 Å². The van der Waals surface area contributed by atoms with Gasteiger partial charge in [0.05, 0.1) is 6.20 Å². The van der Waals surface area contributed by atoms with Crippen LogP contribution >= 0.6 is 0 Å². The molecule has 0 unspecified atom stereocenters. The van der Waals surface area contributed by atoms with Gasteiger partial charge in [0.1, 0.15) is 5.69 Å². The molecule has 0 fully saturated rings. The molecule has 3 heteroatoms. The van der Waals surface area contributed by atoms with E-state index >= 15 is 0 Å². The van der Waals surface area contributed by atoms with Crippen LogP contribution in [0, 0.1) is 0 Å². The van der Waals surface area contributed by atoms with Crippen molar-refractivity contribution >= 4 is 0 Å². The van der Waals surface area contributed by atoms with Crippen LogP contribution in [0.3, 0.4) is 0 Å². The highest BCUT2D eigenvalue weighted by Gasteiger charge is 2.02. The van der Waals surface area contributed by atoms with Crippen molar-refractivity contribution in [2.45, 2.75) is 103 Å². The second-order valence-corrected chi connectivity index (χ2v) is 7.83. The van der Waals surface area contributed by atoms with E-state index in [9.17, 15) is 0 Å². The number of aryl methyl sites for hydroxylation is 1. The van der Waals surface area contributed by atoms with Gasteiger partial charge in [0.2, 0.25) is 0 Å². The molecule has 2 rings (SSSR count). The van der Waals surface area contributed by atoms with E-state index in [0.29, 0.717) is 0 Å². The molecule has 1 heterocycles. The number of hydrogen-bond donors (Lipinski definition) is 0. The highest BCUT2D eigenvalue weighted by atomic mass is 15.4. The van der Waals surface area contributed by atoms with Gasteiger partial charge in [0, 0.05) is 12.1 Å². The first kappa shape index (κ1) is 21.7. The molecular weight excluding hydrogens is 330 g/mol. The summed E-state index contributed by atoms with van der Waals surface area (Å²) in [6.07, 6.45) is 21.6. The third kappa shape index (κ3) is 9.74. The molecule has 0 radical (unpaired) electrons. The van der Waals surface area contributed by atoms with Crippen LogP contribution in [0.5, 0.6) is 0 Å². The molecule has 0 spiro atoms. The lowest BCUT2D eigenvalue weighted by molar-refractivity contribution is 0.504. The quantitative estimate of drug-likeness (QED) is 0.288. The Morgan fingerprint density at radius 2 is 1.19 bits per heavy atom. The highest BCUT2D eigenvalue weighted by Crippen LogP contribution is 2.16. The molecule has 0 bridgehead atoms. The van der Waals surface area contributed by atoms with Gasteiger partial charge in [0.15, 0.2) is 0 Å². The summed E-state index contributed by atoms with van der Waals surface area (Å²) in [6.45, 7) is 3.27. The van der Waals surface area contributed by atoms with Crippen LogP contribution in [0.25, 0.3) is 11.3 Å². The van der Waals surface area contributed by atoms with Crippen LogP contribution in [0.4, 0.5) is 0 Å². The maximum absolute atomic E-state index is 4.28. The first-order valence-corrected chi connectivity index (χ1v) is 11.4. The molecular formula is C24H39N3. The third-order valence-electron chi connectivity index (χ3n) is 5.35. The molecule has 150 valence electrons. The summed E-state index contributed by atoms with van der Waals surface area (Å²) in [5, 5.41) is 8.54. The van der Waals surface area contributed by atoms with Gasteiger partial charge in [-0.1, -0.05) is 126 Å². The van der Waals surface area contributed by atoms with E-state index in [1.807, 2.05) is 22.9 Å². The van der Waals surface area contributed by atoms with Crippen LogP contribution < -0.4 is 0 Å². The van der Waals surface area contributed by atoms with Crippen LogP contribution in [0.2, 0.25) is 0 Å². The predicted molar refractivity (Wildman–Crippen MR) is 116 cm³/mol. The molecule has 0 saturated heterocycles. The van der Waals surface area contributed by atoms with E-state index < -0.39 is 0 Å². The van der Waals surface area contributed by atoms with Crippen molar-refractivity contribution < 1.29 is 0 Å². The second kappa shape index (κ2) is 14.4. The molecule has 0 saturated carbocycles. The minimum atomic E-state index is 0.973. The van der Waals surface area contributed by atoms with Gasteiger partial charge in [-0.05, 0) is 6.42 Å². The van der Waals surface area contributed by atoms with Crippen molar-refractivity contribution in [2.75, 3.05) is 0 Å². The van der Waals surface area contributed by atoms with Crippen molar-refractivity contribution in [1.29, 1.82) is 0 Å². The fourth-order valence-corrected chi connectivity index (χ4v) is 3.62. The van der Waals surface area contributed by atoms with E-state index in [2.05, 4.69) is 35.6 Å². The predicted octanol–water partition coefficient (Wildman–Crippen LogP) is 7.43. The number of nitrogens with zero attached hydrogens (tertiary/aromatic N) is 3. The summed E-state index contributed by atoms with van der Waals surface area (Å²) in [4.78, 5) is 0. The number of hydrogen-bond acceptors (Lipinski definition) is 2. The second-order valence-electron chi connectivity index (χ2n) is 7.83. The van der Waals surface area contributed by atoms with Crippen molar-refractivity contribution in [3.63, 3.8) is 0 Å². The first-order chi connectivity index (χ1) is 13.4. The van der Waals surface area contributed by atoms with Crippen molar-refractivity contribution in [3.05, 3.63) is 36.5 Å². The van der Waals surface area contributed by atoms with Crippen molar-refractivity contribution in [1.82, 2.24) is 15.0 Å². The summed E-state index contributed by atoms with van der Waals surface area (Å²) in [5.74, 6) is 0. The van der Waals surface area contributed by atoms with Gasteiger partial charge in [-0.2, -0.15) is 0 Å². The largest absolute Gasteiger partial charge is 0.252 e. The van der Waals surface area contributed by atoms with Crippen molar-refractivity contribution in [3.8, 4) is 11.3 Å². The molecule has 0 aliphatic carbocycles. The van der Waals surface area contributed by atoms with Crippen molar-refractivity contribution in [2.24, 2.45) is 0 Å². The summed E-state index contributed by atoms with van der Waals surface area (Å²) in [5.41, 5.74) is 2.12. The lowest BCUT2D eigenvalue weighted by atomic mass is 10.0. The average molecular weight is 370 g/mol. The molecule has 2 aromatic rings. The Morgan fingerprint density at radius 1 is 0.667 bits per heavy atom. The molecule has 0 aliphatic rings. The summed E-state index contributed by atoms with van der Waals surface area (Å²) in [6, 6.07) is 10.3. The third-order valence-corrected chi connectivity index (χ3v) is 5.35. The summed E-state index contributed by atoms with van der Waals surface area (Å²) in [7, 11) is 0. The van der Waals surface area contributed by atoms with Gasteiger partial charge in [-0.3, -0.25) is 4.68 Å². The zero-order chi connectivity index (χ0) is 19.0. The van der Waals surface area contributed by atoms with Crippen LogP contribution in [-0.2, 0) is 6.54 Å². The molecule has 27 heavy (non-hydrogen) atoms. The Hall–Kier alpha value is -1.64. The Bertz CT molecular complexity index is 576. The molecule has 1 aromatic carbocycles. The van der Waals surface area contributed by atoms with Gasteiger partial charge < -0.3 is 0 Å². The van der Waals surface area contributed by atoms with Crippen LogP contribution in [0.1, 0.15) is 96.8 Å². The maximum atomic E-state index is 4.28. The molecule has 0 amide bonds. The number of benzene rings is 1. The molecule has 0 aliphatic heterocycles. The molecule has 0 atom stereocenters. The summed E-state index contributed by atoms with van der Waals surface area (Å²) < 4.78 is 1.99. The number of rotatable bonds is 16. The minimum Gasteiger partial charge on any atom is -0.252 e. The standard InChI is InChI=1S/C24H39N3/c1-2-3-4-5-6-7-8-9-10-11-12-13-14-18-21-27-22-24(25-26-27)23-19-16-15-17-20-23/h15-17,19-20,22H,2-14,18,21H2,1H3. The van der Waals surface area contributed by atoms with Crippen LogP contribution in [0.15, 0.2) is 36.5 Å². The fraction of sp³-hybridized carbons (Fsp3) is 0.667. The monoisotopic (exact) mass is 369 g/mol. The van der Waals surface area contributed by atoms with Gasteiger partial charge in [-0.25, -0.2) is 0 Å². The first-order valence-electron chi connectivity index (χ1n) is 11.4. The van der Waals surface area contributed by atoms with E-state index in [-0.39, 0.29) is 0 Å². The average Bonchev–Trinajstić information content (AvgIpc) is 3.18. The minimum absolute atomic E-state index is 0.973. The smallest absolute Gasteiger partial charge is 0.113 e. The maximum Gasteiger partial charge on any atom is 0.113 e. The number of aromatic nitrogens is 3. The topological polar surface area (TPSA) is 30.7 Å². The Labute approximate surface area is 166 Å². The van der Waals surface area contributed by atoms with E-state index in [1.165, 1.54) is 89.9 Å². The lowest BCUT2D eigenvalue weighted by Gasteiger charge is -2.03. The molecule has 0 N–H and O–H groups in total.